The largest absolute Gasteiger partial charge is 0.497 e. The van der Waals surface area contributed by atoms with E-state index in [1.54, 1.807) is 7.11 Å². The van der Waals surface area contributed by atoms with Crippen molar-refractivity contribution < 1.29 is 4.74 Å². The third-order valence-electron chi connectivity index (χ3n) is 3.62. The van der Waals surface area contributed by atoms with Gasteiger partial charge in [0.25, 0.3) is 0 Å². The number of piperazine rings is 1. The summed E-state index contributed by atoms with van der Waals surface area (Å²) in [5, 5.41) is 7.07. The van der Waals surface area contributed by atoms with E-state index in [1.807, 2.05) is 12.1 Å². The van der Waals surface area contributed by atoms with Gasteiger partial charge >= 0.3 is 0 Å². The first-order chi connectivity index (χ1) is 9.28. The predicted molar refractivity (Wildman–Crippen MR) is 78.6 cm³/mol. The monoisotopic (exact) mass is 263 g/mol. The average molecular weight is 263 g/mol. The zero-order valence-corrected chi connectivity index (χ0v) is 12.0. The van der Waals surface area contributed by atoms with Crippen molar-refractivity contribution >= 4 is 0 Å². The summed E-state index contributed by atoms with van der Waals surface area (Å²) in [6.07, 6.45) is 1.18. The number of hydrogen-bond acceptors (Lipinski definition) is 4. The first-order valence-corrected chi connectivity index (χ1v) is 7.03. The van der Waals surface area contributed by atoms with Gasteiger partial charge in [-0.05, 0) is 37.7 Å². The van der Waals surface area contributed by atoms with Gasteiger partial charge in [-0.25, -0.2) is 0 Å². The molecule has 1 aromatic rings. The number of hydrogen-bond donors (Lipinski definition) is 2. The third-order valence-corrected chi connectivity index (χ3v) is 3.62. The molecule has 1 saturated heterocycles. The topological polar surface area (TPSA) is 36.5 Å². The van der Waals surface area contributed by atoms with Gasteiger partial charge in [-0.1, -0.05) is 12.1 Å². The van der Waals surface area contributed by atoms with E-state index >= 15 is 0 Å². The van der Waals surface area contributed by atoms with E-state index in [4.69, 9.17) is 4.74 Å². The smallest absolute Gasteiger partial charge is 0.118 e. The number of nitrogens with one attached hydrogen (secondary N) is 2. The van der Waals surface area contributed by atoms with E-state index in [1.165, 1.54) is 12.0 Å². The summed E-state index contributed by atoms with van der Waals surface area (Å²) in [4.78, 5) is 2.39. The summed E-state index contributed by atoms with van der Waals surface area (Å²) >= 11 is 0. The van der Waals surface area contributed by atoms with E-state index in [9.17, 15) is 0 Å². The van der Waals surface area contributed by atoms with Crippen LogP contribution in [0.4, 0.5) is 0 Å². The Morgan fingerprint density at radius 1 is 1.37 bits per heavy atom. The van der Waals surface area contributed by atoms with Crippen molar-refractivity contribution in [3.63, 3.8) is 0 Å². The van der Waals surface area contributed by atoms with Crippen LogP contribution in [0.3, 0.4) is 0 Å². The maximum atomic E-state index is 5.15. The number of nitrogens with zero attached hydrogens (tertiary/aromatic N) is 1. The molecule has 0 aromatic heterocycles. The molecule has 1 unspecified atom stereocenters. The van der Waals surface area contributed by atoms with Crippen LogP contribution in [-0.4, -0.2) is 51.3 Å². The number of rotatable bonds is 6. The van der Waals surface area contributed by atoms with E-state index in [0.717, 1.165) is 38.5 Å². The van der Waals surface area contributed by atoms with Gasteiger partial charge in [0, 0.05) is 32.2 Å². The van der Waals surface area contributed by atoms with E-state index in [0.29, 0.717) is 6.04 Å². The standard InChI is InChI=1S/C15H25N3O/c1-18-10-9-17-14(12-18)7-8-16-11-13-3-5-15(19-2)6-4-13/h3-6,14,16-17H,7-12H2,1-2H3. The van der Waals surface area contributed by atoms with Gasteiger partial charge in [0.05, 0.1) is 7.11 Å². The summed E-state index contributed by atoms with van der Waals surface area (Å²) in [5.41, 5.74) is 1.30. The van der Waals surface area contributed by atoms with Crippen molar-refractivity contribution in [2.24, 2.45) is 0 Å². The minimum absolute atomic E-state index is 0.627. The van der Waals surface area contributed by atoms with Crippen LogP contribution in [0.2, 0.25) is 0 Å². The van der Waals surface area contributed by atoms with Crippen LogP contribution in [0.25, 0.3) is 0 Å². The Morgan fingerprint density at radius 2 is 2.16 bits per heavy atom. The number of likely N-dealkylation sites (N-methyl/N-ethyl adjacent to an activating group) is 1. The van der Waals surface area contributed by atoms with E-state index < -0.39 is 0 Å². The molecule has 1 fully saturated rings. The highest BCUT2D eigenvalue weighted by atomic mass is 16.5. The second kappa shape index (κ2) is 7.48. The van der Waals surface area contributed by atoms with Crippen LogP contribution in [0, 0.1) is 0 Å². The van der Waals surface area contributed by atoms with E-state index in [2.05, 4.69) is 34.7 Å². The fraction of sp³-hybridized carbons (Fsp3) is 0.600. The number of methoxy groups -OCH3 is 1. The highest BCUT2D eigenvalue weighted by Gasteiger charge is 2.15. The molecule has 4 heteroatoms. The molecule has 19 heavy (non-hydrogen) atoms. The quantitative estimate of drug-likeness (QED) is 0.753. The van der Waals surface area contributed by atoms with Gasteiger partial charge in [0.15, 0.2) is 0 Å². The summed E-state index contributed by atoms with van der Waals surface area (Å²) in [6.45, 7) is 5.41. The Labute approximate surface area is 116 Å². The number of ether oxygens (including phenoxy) is 1. The van der Waals surface area contributed by atoms with Crippen LogP contribution >= 0.6 is 0 Å². The van der Waals surface area contributed by atoms with Gasteiger partial charge in [-0.3, -0.25) is 0 Å². The van der Waals surface area contributed by atoms with Crippen molar-refractivity contribution in [2.75, 3.05) is 40.3 Å². The minimum Gasteiger partial charge on any atom is -0.497 e. The summed E-state index contributed by atoms with van der Waals surface area (Å²) in [5.74, 6) is 0.915. The Bertz CT molecular complexity index is 366. The van der Waals surface area contributed by atoms with Gasteiger partial charge in [-0.2, -0.15) is 0 Å². The van der Waals surface area contributed by atoms with Gasteiger partial charge in [0.2, 0.25) is 0 Å². The van der Waals surface area contributed by atoms with Crippen molar-refractivity contribution in [3.8, 4) is 5.75 Å². The Hall–Kier alpha value is -1.10. The second-order valence-electron chi connectivity index (χ2n) is 5.23. The lowest BCUT2D eigenvalue weighted by molar-refractivity contribution is 0.231. The zero-order valence-electron chi connectivity index (χ0n) is 12.0. The normalized spacial score (nSPS) is 20.4. The molecular formula is C15H25N3O. The lowest BCUT2D eigenvalue weighted by atomic mass is 10.1. The highest BCUT2D eigenvalue weighted by molar-refractivity contribution is 5.26. The fourth-order valence-electron chi connectivity index (χ4n) is 2.44. The molecule has 1 aliphatic heterocycles. The molecule has 106 valence electrons. The maximum Gasteiger partial charge on any atom is 0.118 e. The molecule has 0 radical (unpaired) electrons. The van der Waals surface area contributed by atoms with Crippen LogP contribution in [0.1, 0.15) is 12.0 Å². The molecule has 1 atom stereocenters. The lowest BCUT2D eigenvalue weighted by Gasteiger charge is -2.30. The minimum atomic E-state index is 0.627. The summed E-state index contributed by atoms with van der Waals surface area (Å²) in [7, 11) is 3.89. The molecular weight excluding hydrogens is 238 g/mol. The Balaban J connectivity index is 1.63. The van der Waals surface area contributed by atoms with Crippen molar-refractivity contribution in [2.45, 2.75) is 19.0 Å². The average Bonchev–Trinajstić information content (AvgIpc) is 2.44. The lowest BCUT2D eigenvalue weighted by Crippen LogP contribution is -2.49. The molecule has 4 nitrogen and oxygen atoms in total. The van der Waals surface area contributed by atoms with Crippen molar-refractivity contribution in [1.29, 1.82) is 0 Å². The van der Waals surface area contributed by atoms with Crippen LogP contribution < -0.4 is 15.4 Å². The highest BCUT2D eigenvalue weighted by Crippen LogP contribution is 2.10. The predicted octanol–water partition coefficient (Wildman–Crippen LogP) is 1.08. The summed E-state index contributed by atoms with van der Waals surface area (Å²) < 4.78 is 5.15. The van der Waals surface area contributed by atoms with Crippen LogP contribution in [0.15, 0.2) is 24.3 Å². The van der Waals surface area contributed by atoms with Gasteiger partial charge in [0.1, 0.15) is 5.75 Å². The molecule has 0 bridgehead atoms. The van der Waals surface area contributed by atoms with Crippen LogP contribution in [0.5, 0.6) is 5.75 Å². The SMILES string of the molecule is COc1ccc(CNCCC2CN(C)CCN2)cc1. The molecule has 0 saturated carbocycles. The molecule has 2 rings (SSSR count). The first-order valence-electron chi connectivity index (χ1n) is 7.03. The Morgan fingerprint density at radius 3 is 2.84 bits per heavy atom. The molecule has 0 aliphatic carbocycles. The van der Waals surface area contributed by atoms with Gasteiger partial charge in [-0.15, -0.1) is 0 Å². The molecule has 2 N–H and O–H groups in total. The fourth-order valence-corrected chi connectivity index (χ4v) is 2.44. The maximum absolute atomic E-state index is 5.15. The zero-order chi connectivity index (χ0) is 13.5. The molecule has 0 amide bonds. The molecule has 1 aromatic carbocycles. The van der Waals surface area contributed by atoms with Gasteiger partial charge < -0.3 is 20.3 Å². The van der Waals surface area contributed by atoms with Crippen LogP contribution in [-0.2, 0) is 6.54 Å². The first kappa shape index (κ1) is 14.3. The number of benzene rings is 1. The van der Waals surface area contributed by atoms with E-state index in [-0.39, 0.29) is 0 Å². The van der Waals surface area contributed by atoms with Crippen molar-refractivity contribution in [1.82, 2.24) is 15.5 Å². The van der Waals surface area contributed by atoms with Crippen molar-refractivity contribution in [3.05, 3.63) is 29.8 Å². The molecule has 1 heterocycles. The second-order valence-corrected chi connectivity index (χ2v) is 5.23. The Kier molecular flexibility index (Phi) is 5.63. The summed E-state index contributed by atoms with van der Waals surface area (Å²) in [6, 6.07) is 8.86. The molecule has 1 aliphatic rings. The molecule has 0 spiro atoms. The third kappa shape index (κ3) is 4.82.